The molecule has 0 bridgehead atoms. The molecule has 6 heteroatoms. The molecule has 1 saturated heterocycles. The second-order valence-electron chi connectivity index (χ2n) is 6.24. The van der Waals surface area contributed by atoms with Crippen molar-refractivity contribution in [3.63, 3.8) is 0 Å². The van der Waals surface area contributed by atoms with Crippen LogP contribution in [-0.2, 0) is 6.42 Å². The lowest BCUT2D eigenvalue weighted by molar-refractivity contribution is 0.0672. The number of thiazole rings is 1. The molecule has 1 fully saturated rings. The van der Waals surface area contributed by atoms with Crippen molar-refractivity contribution in [2.45, 2.75) is 32.6 Å². The van der Waals surface area contributed by atoms with Gasteiger partial charge in [-0.1, -0.05) is 6.07 Å². The summed E-state index contributed by atoms with van der Waals surface area (Å²) in [5.41, 5.74) is 0.152. The van der Waals surface area contributed by atoms with Crippen LogP contribution in [-0.4, -0.2) is 28.9 Å². The molecule has 3 nitrogen and oxygen atoms in total. The minimum atomic E-state index is -0.487. The molecule has 128 valence electrons. The third kappa shape index (κ3) is 3.80. The molecule has 1 aliphatic rings. The Morgan fingerprint density at radius 1 is 1.38 bits per heavy atom. The Bertz CT molecular complexity index is 711. The first kappa shape index (κ1) is 17.0. The average molecular weight is 350 g/mol. The first-order chi connectivity index (χ1) is 11.5. The van der Waals surface area contributed by atoms with Gasteiger partial charge in [0, 0.05) is 18.7 Å². The molecule has 0 spiro atoms. The Morgan fingerprint density at radius 2 is 2.12 bits per heavy atom. The summed E-state index contributed by atoms with van der Waals surface area (Å²) in [5.74, 6) is -0.684. The summed E-state index contributed by atoms with van der Waals surface area (Å²) in [4.78, 5) is 19.2. The number of nitrogens with zero attached hydrogens (tertiary/aromatic N) is 2. The van der Waals surface area contributed by atoms with E-state index in [0.29, 0.717) is 24.3 Å². The molecular weight excluding hydrogens is 330 g/mol. The molecule has 1 aromatic heterocycles. The Hall–Kier alpha value is -1.82. The van der Waals surface area contributed by atoms with Crippen molar-refractivity contribution in [1.82, 2.24) is 9.88 Å². The highest BCUT2D eigenvalue weighted by Crippen LogP contribution is 2.25. The topological polar surface area (TPSA) is 33.2 Å². The van der Waals surface area contributed by atoms with Crippen LogP contribution in [0, 0.1) is 24.5 Å². The van der Waals surface area contributed by atoms with Gasteiger partial charge in [-0.15, -0.1) is 11.3 Å². The monoisotopic (exact) mass is 350 g/mol. The normalized spacial score (nSPS) is 18.0. The van der Waals surface area contributed by atoms with E-state index in [0.717, 1.165) is 24.4 Å². The maximum atomic E-state index is 13.7. The van der Waals surface area contributed by atoms with E-state index in [1.165, 1.54) is 29.5 Å². The SMILES string of the molecule is Cc1ncc(C(=O)N2CCC[C@@H](CCc3c(F)cccc3F)C2)s1. The van der Waals surface area contributed by atoms with E-state index < -0.39 is 11.6 Å². The van der Waals surface area contributed by atoms with Gasteiger partial charge < -0.3 is 4.90 Å². The van der Waals surface area contributed by atoms with Crippen LogP contribution in [0.1, 0.15) is 39.5 Å². The van der Waals surface area contributed by atoms with Gasteiger partial charge in [-0.05, 0) is 50.7 Å². The number of piperidine rings is 1. The summed E-state index contributed by atoms with van der Waals surface area (Å²) < 4.78 is 27.4. The summed E-state index contributed by atoms with van der Waals surface area (Å²) in [6, 6.07) is 3.97. The van der Waals surface area contributed by atoms with Gasteiger partial charge in [0.05, 0.1) is 11.2 Å². The number of aryl methyl sites for hydroxylation is 1. The molecule has 24 heavy (non-hydrogen) atoms. The summed E-state index contributed by atoms with van der Waals surface area (Å²) in [6.07, 6.45) is 4.59. The minimum Gasteiger partial charge on any atom is -0.338 e. The number of likely N-dealkylation sites (tertiary alicyclic amines) is 1. The standard InChI is InChI=1S/C18H20F2N2OS/c1-12-21-10-17(24-12)18(23)22-9-3-4-13(11-22)7-8-14-15(19)5-2-6-16(14)20/h2,5-6,10,13H,3-4,7-9,11H2,1H3/t13-/m0/s1. The third-order valence-electron chi connectivity index (χ3n) is 4.50. The lowest BCUT2D eigenvalue weighted by Gasteiger charge is -2.32. The van der Waals surface area contributed by atoms with Crippen LogP contribution in [0.25, 0.3) is 0 Å². The van der Waals surface area contributed by atoms with Crippen LogP contribution >= 0.6 is 11.3 Å². The lowest BCUT2D eigenvalue weighted by atomic mass is 9.91. The van der Waals surface area contributed by atoms with E-state index in [1.807, 2.05) is 11.8 Å². The van der Waals surface area contributed by atoms with Crippen molar-refractivity contribution in [2.75, 3.05) is 13.1 Å². The van der Waals surface area contributed by atoms with Crippen LogP contribution in [0.5, 0.6) is 0 Å². The summed E-state index contributed by atoms with van der Waals surface area (Å²) in [7, 11) is 0. The number of hydrogen-bond acceptors (Lipinski definition) is 3. The number of benzene rings is 1. The zero-order chi connectivity index (χ0) is 17.1. The fraction of sp³-hybridized carbons (Fsp3) is 0.444. The third-order valence-corrected chi connectivity index (χ3v) is 5.40. The predicted octanol–water partition coefficient (Wildman–Crippen LogP) is 4.21. The molecule has 1 aromatic carbocycles. The summed E-state index contributed by atoms with van der Waals surface area (Å²) in [6.45, 7) is 3.26. The van der Waals surface area contributed by atoms with Crippen molar-refractivity contribution in [3.05, 3.63) is 51.5 Å². The Labute approximate surface area is 144 Å². The van der Waals surface area contributed by atoms with E-state index in [-0.39, 0.29) is 17.4 Å². The van der Waals surface area contributed by atoms with Crippen molar-refractivity contribution in [3.8, 4) is 0 Å². The van der Waals surface area contributed by atoms with Crippen LogP contribution in [0.15, 0.2) is 24.4 Å². The van der Waals surface area contributed by atoms with Gasteiger partial charge in [0.15, 0.2) is 0 Å². The molecule has 1 atom stereocenters. The van der Waals surface area contributed by atoms with Crippen molar-refractivity contribution >= 4 is 17.2 Å². The Morgan fingerprint density at radius 3 is 2.79 bits per heavy atom. The van der Waals surface area contributed by atoms with E-state index in [1.54, 1.807) is 6.20 Å². The molecular formula is C18H20F2N2OS. The number of amides is 1. The van der Waals surface area contributed by atoms with E-state index in [4.69, 9.17) is 0 Å². The summed E-state index contributed by atoms with van der Waals surface area (Å²) >= 11 is 1.40. The van der Waals surface area contributed by atoms with Crippen molar-refractivity contribution in [1.29, 1.82) is 0 Å². The number of aromatic nitrogens is 1. The molecule has 0 unspecified atom stereocenters. The number of halogens is 2. The first-order valence-corrected chi connectivity index (χ1v) is 9.01. The molecule has 1 amide bonds. The first-order valence-electron chi connectivity index (χ1n) is 8.19. The molecule has 0 aliphatic carbocycles. The van der Waals surface area contributed by atoms with E-state index in [2.05, 4.69) is 4.98 Å². The van der Waals surface area contributed by atoms with Crippen molar-refractivity contribution in [2.24, 2.45) is 5.92 Å². The molecule has 2 aromatic rings. The van der Waals surface area contributed by atoms with Crippen LogP contribution < -0.4 is 0 Å². The second kappa shape index (κ2) is 7.38. The maximum absolute atomic E-state index is 13.7. The largest absolute Gasteiger partial charge is 0.338 e. The molecule has 0 saturated carbocycles. The Kier molecular flexibility index (Phi) is 5.23. The summed E-state index contributed by atoms with van der Waals surface area (Å²) in [5, 5.41) is 0.877. The van der Waals surface area contributed by atoms with Gasteiger partial charge >= 0.3 is 0 Å². The lowest BCUT2D eigenvalue weighted by Crippen LogP contribution is -2.39. The molecule has 3 rings (SSSR count). The fourth-order valence-electron chi connectivity index (χ4n) is 3.22. The van der Waals surface area contributed by atoms with Gasteiger partial charge in [0.2, 0.25) is 0 Å². The molecule has 0 N–H and O–H groups in total. The van der Waals surface area contributed by atoms with Gasteiger partial charge in [0.1, 0.15) is 16.5 Å². The second-order valence-corrected chi connectivity index (χ2v) is 7.48. The predicted molar refractivity (Wildman–Crippen MR) is 90.2 cm³/mol. The van der Waals surface area contributed by atoms with Gasteiger partial charge in [0.25, 0.3) is 5.91 Å². The molecule has 1 aliphatic heterocycles. The average Bonchev–Trinajstić information content (AvgIpc) is 3.00. The van der Waals surface area contributed by atoms with Crippen LogP contribution in [0.3, 0.4) is 0 Å². The fourth-order valence-corrected chi connectivity index (χ4v) is 3.97. The van der Waals surface area contributed by atoms with E-state index >= 15 is 0 Å². The van der Waals surface area contributed by atoms with Crippen LogP contribution in [0.4, 0.5) is 8.78 Å². The Balaban J connectivity index is 1.60. The number of rotatable bonds is 4. The zero-order valence-electron chi connectivity index (χ0n) is 13.6. The van der Waals surface area contributed by atoms with Gasteiger partial charge in [-0.2, -0.15) is 0 Å². The highest BCUT2D eigenvalue weighted by atomic mass is 32.1. The van der Waals surface area contributed by atoms with Gasteiger partial charge in [-0.25, -0.2) is 13.8 Å². The van der Waals surface area contributed by atoms with Gasteiger partial charge in [-0.3, -0.25) is 4.79 Å². The quantitative estimate of drug-likeness (QED) is 0.827. The van der Waals surface area contributed by atoms with Crippen molar-refractivity contribution < 1.29 is 13.6 Å². The minimum absolute atomic E-state index is 0.0161. The van der Waals surface area contributed by atoms with E-state index in [9.17, 15) is 13.6 Å². The smallest absolute Gasteiger partial charge is 0.265 e. The highest BCUT2D eigenvalue weighted by Gasteiger charge is 2.26. The van der Waals surface area contributed by atoms with Crippen LogP contribution in [0.2, 0.25) is 0 Å². The number of carbonyl (C=O) groups is 1. The number of carbonyl (C=O) groups excluding carboxylic acids is 1. The highest BCUT2D eigenvalue weighted by molar-refractivity contribution is 7.13. The molecule has 0 radical (unpaired) electrons. The molecule has 2 heterocycles. The maximum Gasteiger partial charge on any atom is 0.265 e. The zero-order valence-corrected chi connectivity index (χ0v) is 14.4. The number of hydrogen-bond donors (Lipinski definition) is 0.